The fourth-order valence-corrected chi connectivity index (χ4v) is 4.82. The van der Waals surface area contributed by atoms with Gasteiger partial charge in [-0.15, -0.1) is 0 Å². The zero-order valence-electron chi connectivity index (χ0n) is 19.1. The van der Waals surface area contributed by atoms with Gasteiger partial charge in [-0.25, -0.2) is 4.39 Å². The van der Waals surface area contributed by atoms with Gasteiger partial charge in [0.05, 0.1) is 31.8 Å². The maximum Gasteiger partial charge on any atom is 0.237 e. The first kappa shape index (κ1) is 22.4. The Morgan fingerprint density at radius 3 is 2.47 bits per heavy atom. The second-order valence-corrected chi connectivity index (χ2v) is 8.78. The standard InChI is InChI=1S/C28H29FN2O3/c29-23-12-9-21(10-13-23)28(20-6-2-1-3-7-20)30-19-27(32)31-15-4-8-24(31)22-11-14-25-26(18-22)34-17-5-16-33-25/h1-3,6-7,9-14,18,24,28,30H,4-5,8,15-17,19H2. The molecule has 34 heavy (non-hydrogen) atoms. The van der Waals surface area contributed by atoms with Crippen molar-refractivity contribution in [1.29, 1.82) is 0 Å². The highest BCUT2D eigenvalue weighted by atomic mass is 19.1. The van der Waals surface area contributed by atoms with Crippen LogP contribution in [0.3, 0.4) is 0 Å². The molecule has 3 aromatic carbocycles. The highest BCUT2D eigenvalue weighted by Crippen LogP contribution is 2.38. The number of ether oxygens (including phenoxy) is 2. The summed E-state index contributed by atoms with van der Waals surface area (Å²) < 4.78 is 25.1. The Hall–Kier alpha value is -3.38. The van der Waals surface area contributed by atoms with E-state index in [1.807, 2.05) is 53.4 Å². The minimum atomic E-state index is -0.276. The number of benzene rings is 3. The maximum absolute atomic E-state index is 13.5. The molecule has 5 nitrogen and oxygen atoms in total. The van der Waals surface area contributed by atoms with Crippen molar-refractivity contribution in [2.24, 2.45) is 0 Å². The quantitative estimate of drug-likeness (QED) is 0.561. The molecule has 176 valence electrons. The van der Waals surface area contributed by atoms with Crippen LogP contribution in [0.25, 0.3) is 0 Å². The summed E-state index contributed by atoms with van der Waals surface area (Å²) in [5.41, 5.74) is 3.03. The number of likely N-dealkylation sites (tertiary alicyclic amines) is 1. The van der Waals surface area contributed by atoms with E-state index in [0.717, 1.165) is 54.0 Å². The van der Waals surface area contributed by atoms with E-state index in [2.05, 4.69) is 5.32 Å². The zero-order chi connectivity index (χ0) is 23.3. The Balaban J connectivity index is 1.31. The van der Waals surface area contributed by atoms with Gasteiger partial charge in [0.1, 0.15) is 5.82 Å². The second-order valence-electron chi connectivity index (χ2n) is 8.78. The Kier molecular flexibility index (Phi) is 6.77. The van der Waals surface area contributed by atoms with Gasteiger partial charge >= 0.3 is 0 Å². The topological polar surface area (TPSA) is 50.8 Å². The number of carbonyl (C=O) groups is 1. The minimum Gasteiger partial charge on any atom is -0.490 e. The predicted molar refractivity (Wildman–Crippen MR) is 128 cm³/mol. The molecule has 2 aliphatic rings. The first-order valence-electron chi connectivity index (χ1n) is 11.9. The van der Waals surface area contributed by atoms with Crippen LogP contribution in [0.15, 0.2) is 72.8 Å². The first-order chi connectivity index (χ1) is 16.7. The number of hydrogen-bond acceptors (Lipinski definition) is 4. The molecule has 3 aromatic rings. The van der Waals surface area contributed by atoms with Gasteiger partial charge in [-0.3, -0.25) is 10.1 Å². The van der Waals surface area contributed by atoms with Gasteiger partial charge in [-0.1, -0.05) is 48.5 Å². The molecule has 2 unspecified atom stereocenters. The summed E-state index contributed by atoms with van der Waals surface area (Å²) in [6, 6.07) is 22.2. The maximum atomic E-state index is 13.5. The largest absolute Gasteiger partial charge is 0.490 e. The first-order valence-corrected chi connectivity index (χ1v) is 11.9. The van der Waals surface area contributed by atoms with Gasteiger partial charge in [-0.05, 0) is 53.8 Å². The molecule has 1 saturated heterocycles. The third kappa shape index (κ3) is 4.92. The van der Waals surface area contributed by atoms with E-state index in [1.165, 1.54) is 12.1 Å². The Morgan fingerprint density at radius 1 is 0.941 bits per heavy atom. The van der Waals surface area contributed by atoms with E-state index in [-0.39, 0.29) is 30.4 Å². The number of nitrogens with one attached hydrogen (secondary N) is 1. The third-order valence-electron chi connectivity index (χ3n) is 6.52. The second kappa shape index (κ2) is 10.3. The summed E-state index contributed by atoms with van der Waals surface area (Å²) in [4.78, 5) is 15.3. The predicted octanol–water partition coefficient (Wildman–Crippen LogP) is 5.03. The molecule has 0 saturated carbocycles. The summed E-state index contributed by atoms with van der Waals surface area (Å²) in [5, 5.41) is 3.42. The van der Waals surface area contributed by atoms with Crippen molar-refractivity contribution >= 4 is 5.91 Å². The normalized spacial score (nSPS) is 18.4. The summed E-state index contributed by atoms with van der Waals surface area (Å²) in [7, 11) is 0. The number of nitrogens with zero attached hydrogens (tertiary/aromatic N) is 1. The van der Waals surface area contributed by atoms with Gasteiger partial charge < -0.3 is 14.4 Å². The minimum absolute atomic E-state index is 0.0208. The fraction of sp³-hybridized carbons (Fsp3) is 0.321. The Morgan fingerprint density at radius 2 is 1.68 bits per heavy atom. The van der Waals surface area contributed by atoms with E-state index in [1.54, 1.807) is 12.1 Å². The molecular formula is C28H29FN2O3. The van der Waals surface area contributed by atoms with Crippen LogP contribution in [0.1, 0.15) is 48.0 Å². The molecular weight excluding hydrogens is 431 g/mol. The van der Waals surface area contributed by atoms with Crippen LogP contribution < -0.4 is 14.8 Å². The molecule has 6 heteroatoms. The zero-order valence-corrected chi connectivity index (χ0v) is 19.1. The molecule has 5 rings (SSSR count). The van der Waals surface area contributed by atoms with Gasteiger partial charge in [-0.2, -0.15) is 0 Å². The third-order valence-corrected chi connectivity index (χ3v) is 6.52. The van der Waals surface area contributed by atoms with Gasteiger partial charge in [0.25, 0.3) is 0 Å². The van der Waals surface area contributed by atoms with Crippen LogP contribution >= 0.6 is 0 Å². The number of halogens is 1. The molecule has 0 spiro atoms. The molecule has 1 fully saturated rings. The highest BCUT2D eigenvalue weighted by Gasteiger charge is 2.31. The summed E-state index contributed by atoms with van der Waals surface area (Å²) >= 11 is 0. The number of hydrogen-bond donors (Lipinski definition) is 1. The van der Waals surface area contributed by atoms with Crippen molar-refractivity contribution < 1.29 is 18.7 Å². The molecule has 2 heterocycles. The smallest absolute Gasteiger partial charge is 0.237 e. The SMILES string of the molecule is O=C(CNC(c1ccccc1)c1ccc(F)cc1)N1CCCC1c1ccc2c(c1)OCCCO2. The van der Waals surface area contributed by atoms with Gasteiger partial charge in [0.2, 0.25) is 5.91 Å². The van der Waals surface area contributed by atoms with E-state index >= 15 is 0 Å². The van der Waals surface area contributed by atoms with Crippen molar-refractivity contribution in [2.45, 2.75) is 31.3 Å². The van der Waals surface area contributed by atoms with Crippen LogP contribution in [0, 0.1) is 5.82 Å². The monoisotopic (exact) mass is 460 g/mol. The van der Waals surface area contributed by atoms with E-state index < -0.39 is 0 Å². The van der Waals surface area contributed by atoms with Crippen molar-refractivity contribution in [3.8, 4) is 11.5 Å². The molecule has 0 aliphatic carbocycles. The molecule has 0 aromatic heterocycles. The van der Waals surface area contributed by atoms with Crippen LogP contribution in [-0.4, -0.2) is 37.1 Å². The summed E-state index contributed by atoms with van der Waals surface area (Å²) in [6.07, 6.45) is 2.75. The van der Waals surface area contributed by atoms with Gasteiger partial charge in [0, 0.05) is 13.0 Å². The van der Waals surface area contributed by atoms with Gasteiger partial charge in [0.15, 0.2) is 11.5 Å². The van der Waals surface area contributed by atoms with E-state index in [0.29, 0.717) is 13.2 Å². The van der Waals surface area contributed by atoms with Crippen molar-refractivity contribution in [3.63, 3.8) is 0 Å². The van der Waals surface area contributed by atoms with Crippen LogP contribution in [-0.2, 0) is 4.79 Å². The molecule has 1 N–H and O–H groups in total. The average Bonchev–Trinajstić information content (AvgIpc) is 3.24. The molecule has 1 amide bonds. The van der Waals surface area contributed by atoms with Crippen LogP contribution in [0.2, 0.25) is 0 Å². The lowest BCUT2D eigenvalue weighted by Gasteiger charge is -2.27. The molecule has 0 radical (unpaired) electrons. The lowest BCUT2D eigenvalue weighted by atomic mass is 9.98. The lowest BCUT2D eigenvalue weighted by Crippen LogP contribution is -2.39. The van der Waals surface area contributed by atoms with E-state index in [9.17, 15) is 9.18 Å². The average molecular weight is 461 g/mol. The van der Waals surface area contributed by atoms with Crippen LogP contribution in [0.4, 0.5) is 4.39 Å². The molecule has 2 atom stereocenters. The van der Waals surface area contributed by atoms with Crippen LogP contribution in [0.5, 0.6) is 11.5 Å². The number of carbonyl (C=O) groups excluding carboxylic acids is 1. The number of amides is 1. The van der Waals surface area contributed by atoms with Crippen molar-refractivity contribution in [2.75, 3.05) is 26.3 Å². The summed E-state index contributed by atoms with van der Waals surface area (Å²) in [5.74, 6) is 1.30. The number of fused-ring (bicyclic) bond motifs is 1. The highest BCUT2D eigenvalue weighted by molar-refractivity contribution is 5.79. The van der Waals surface area contributed by atoms with E-state index in [4.69, 9.17) is 9.47 Å². The Labute approximate surface area is 199 Å². The summed E-state index contributed by atoms with van der Waals surface area (Å²) in [6.45, 7) is 2.21. The molecule has 0 bridgehead atoms. The fourth-order valence-electron chi connectivity index (χ4n) is 4.82. The van der Waals surface area contributed by atoms with Crippen molar-refractivity contribution in [1.82, 2.24) is 10.2 Å². The lowest BCUT2D eigenvalue weighted by molar-refractivity contribution is -0.131. The Bertz CT molecular complexity index is 1120. The number of rotatable bonds is 6. The van der Waals surface area contributed by atoms with Crippen molar-refractivity contribution in [3.05, 3.63) is 95.3 Å². The molecule has 2 aliphatic heterocycles.